The van der Waals surface area contributed by atoms with Gasteiger partial charge in [0.2, 0.25) is 31.9 Å². The average Bonchev–Trinajstić information content (AvgIpc) is 4.34. The molecule has 0 unspecified atom stereocenters. The van der Waals surface area contributed by atoms with Crippen molar-refractivity contribution in [3.63, 3.8) is 0 Å². The molecule has 5 aromatic rings. The maximum atomic E-state index is 13.5. The van der Waals surface area contributed by atoms with E-state index >= 15 is 0 Å². The highest BCUT2D eigenvalue weighted by molar-refractivity contribution is 7.94. The summed E-state index contributed by atoms with van der Waals surface area (Å²) in [5.74, 6) is -6.37. The Morgan fingerprint density at radius 3 is 1.75 bits per heavy atom. The van der Waals surface area contributed by atoms with Crippen molar-refractivity contribution in [1.29, 1.82) is 0 Å². The molecule has 462 valence electrons. The third kappa shape index (κ3) is 21.8. The number of H-pyrrole nitrogens is 1. The van der Waals surface area contributed by atoms with Gasteiger partial charge in [-0.05, 0) is 66.4 Å². The molecule has 2 aromatic heterocycles. The van der Waals surface area contributed by atoms with E-state index in [-0.39, 0.29) is 120 Å². The summed E-state index contributed by atoms with van der Waals surface area (Å²) in [4.78, 5) is 100. The monoisotopic (exact) mass is 1250 g/mol. The number of nitrogens with zero attached hydrogens (tertiary/aromatic N) is 7. The predicted molar refractivity (Wildman–Crippen MR) is 305 cm³/mol. The summed E-state index contributed by atoms with van der Waals surface area (Å²) in [6.07, 6.45) is 5.11. The molecule has 3 aromatic carbocycles. The fourth-order valence-corrected chi connectivity index (χ4v) is 11.6. The number of aromatic nitrogens is 4. The Kier molecular flexibility index (Phi) is 25.6. The average molecular weight is 1250 g/mol. The molecule has 11 N–H and O–H groups in total. The van der Waals surface area contributed by atoms with Gasteiger partial charge in [-0.15, -0.1) is 4.33 Å². The number of benzene rings is 3. The van der Waals surface area contributed by atoms with Crippen LogP contribution >= 0.6 is 12.0 Å². The van der Waals surface area contributed by atoms with Crippen LogP contribution < -0.4 is 25.4 Å². The molecule has 1 fully saturated rings. The molecule has 6 rings (SSSR count). The van der Waals surface area contributed by atoms with Gasteiger partial charge in [0.05, 0.1) is 53.4 Å². The first kappa shape index (κ1) is 66.7. The number of anilines is 1. The van der Waals surface area contributed by atoms with Gasteiger partial charge < -0.3 is 41.4 Å². The lowest BCUT2D eigenvalue weighted by Gasteiger charge is -2.33. The second kappa shape index (κ2) is 32.7. The summed E-state index contributed by atoms with van der Waals surface area (Å²) in [7, 11) is -8.58. The van der Waals surface area contributed by atoms with Crippen LogP contribution in [0.2, 0.25) is 0 Å². The molecule has 34 heteroatoms. The molecule has 85 heavy (non-hydrogen) atoms. The third-order valence-corrected chi connectivity index (χ3v) is 16.9. The summed E-state index contributed by atoms with van der Waals surface area (Å²) in [5, 5.41) is 64.1. The lowest BCUT2D eigenvalue weighted by atomic mass is 10.0. The first-order valence-electron chi connectivity index (χ1n) is 26.5. The van der Waals surface area contributed by atoms with Crippen LogP contribution in [0.25, 0.3) is 22.0 Å². The van der Waals surface area contributed by atoms with Crippen LogP contribution in [-0.2, 0) is 64.7 Å². The second-order valence-electron chi connectivity index (χ2n) is 19.4. The Hall–Kier alpha value is -7.48. The van der Waals surface area contributed by atoms with Crippen LogP contribution in [0.15, 0.2) is 95.1 Å². The molecule has 31 nitrogen and oxygen atoms in total. The highest BCUT2D eigenvalue weighted by atomic mass is 32.2. The van der Waals surface area contributed by atoms with Crippen molar-refractivity contribution in [1.82, 2.24) is 59.4 Å². The number of hydrogen-bond acceptors (Lipinski definition) is 22. The fourth-order valence-electron chi connectivity index (χ4n) is 8.90. The topological polar surface area (TPSA) is 427 Å². The lowest BCUT2D eigenvalue weighted by molar-refractivity contribution is -0.432. The van der Waals surface area contributed by atoms with E-state index < -0.39 is 73.6 Å². The van der Waals surface area contributed by atoms with Crippen molar-refractivity contribution < 1.29 is 85.5 Å². The van der Waals surface area contributed by atoms with Gasteiger partial charge in [0.25, 0.3) is 0 Å². The Morgan fingerprint density at radius 2 is 1.24 bits per heavy atom. The summed E-state index contributed by atoms with van der Waals surface area (Å²) in [5.41, 5.74) is 2.09. The van der Waals surface area contributed by atoms with Gasteiger partial charge in [-0.1, -0.05) is 29.3 Å². The van der Waals surface area contributed by atoms with Crippen molar-refractivity contribution in [2.24, 2.45) is 0 Å². The summed E-state index contributed by atoms with van der Waals surface area (Å²) in [6, 6.07) is 13.0. The zero-order valence-electron chi connectivity index (χ0n) is 45.8. The number of Topliss-reactive ketones (excluding diaryl/α,β-unsaturated/α-hetero) is 1. The number of aryl methyl sites for hydroxylation is 1. The summed E-state index contributed by atoms with van der Waals surface area (Å²) < 4.78 is 64.1. The number of amides is 2. The van der Waals surface area contributed by atoms with Gasteiger partial charge in [0, 0.05) is 120 Å². The van der Waals surface area contributed by atoms with E-state index in [1.54, 1.807) is 61.1 Å². The standard InChI is InChI=1S/C51H67N13O18S3/c65-44(37-6-12-43-38(28-37)29-56-64(43)19-1-14-53-51-54-15-16-55-51)13-11-41(50(74)75)59-85(79,80)40-9-4-36(5-10-40)35-2-7-39(8-3-35)84(77,78)57-18-17-52-49(73)42(34-83-82-81-76)58-45(66)30-60-20-22-61(31-46(67)68)24-26-63(33-48(71)72)27-25-62(23-21-60)32-47(69)70/h2-10,12,15-16,28-29,41-42,57,59,76H,1,11,13-14,17-27,30-34H2,(H,52,73)(H,58,66)(H,67,68)(H,69,70)(H,71,72)(H,74,75)(H2,53,54,55)/t41-,42-/m0/s1. The number of carbonyl (C=O) groups is 7. The number of ketones is 1. The predicted octanol–water partition coefficient (Wildman–Crippen LogP) is -0.253. The van der Waals surface area contributed by atoms with Crippen LogP contribution in [-0.4, -0.2) is 239 Å². The van der Waals surface area contributed by atoms with Gasteiger partial charge in [-0.25, -0.2) is 31.8 Å². The largest absolute Gasteiger partial charge is 0.480 e. The first-order chi connectivity index (χ1) is 40.6. The number of rotatable bonds is 33. The van der Waals surface area contributed by atoms with E-state index in [1.807, 2.05) is 0 Å². The smallest absolute Gasteiger partial charge is 0.321 e. The van der Waals surface area contributed by atoms with Crippen LogP contribution in [0.4, 0.5) is 5.95 Å². The van der Waals surface area contributed by atoms with Crippen molar-refractivity contribution in [3.8, 4) is 11.1 Å². The van der Waals surface area contributed by atoms with Gasteiger partial charge in [0.1, 0.15) is 12.1 Å². The van der Waals surface area contributed by atoms with E-state index in [0.29, 0.717) is 53.2 Å². The van der Waals surface area contributed by atoms with Crippen molar-refractivity contribution in [3.05, 3.63) is 90.9 Å². The number of carboxylic acid groups (broad SMARTS) is 4. The number of carboxylic acids is 4. The highest BCUT2D eigenvalue weighted by Crippen LogP contribution is 2.24. The molecule has 0 bridgehead atoms. The van der Waals surface area contributed by atoms with E-state index in [0.717, 1.165) is 11.9 Å². The Bertz CT molecular complexity index is 3250. The molecule has 3 heterocycles. The molecule has 2 amide bonds. The van der Waals surface area contributed by atoms with Gasteiger partial charge >= 0.3 is 23.9 Å². The molecular formula is C51H67N13O18S3. The SMILES string of the molecule is O=C(O)CN1CCN(CC(=O)O)CCN(CC(=O)N[C@@H](CSOOO)C(=O)NCCNS(=O)(=O)c2ccc(-c3ccc(S(=O)(=O)N[C@@H](CCC(=O)c4ccc5c(cnn5CCCNc5ncc[nH]5)c4)C(=O)O)cc3)cc2)CCN(CC(=O)O)CC1. The first-order valence-corrected chi connectivity index (χ1v) is 30.4. The minimum Gasteiger partial charge on any atom is -0.480 e. The third-order valence-electron chi connectivity index (χ3n) is 13.3. The number of fused-ring (bicyclic) bond motifs is 1. The molecule has 0 aliphatic carbocycles. The summed E-state index contributed by atoms with van der Waals surface area (Å²) in [6.45, 7) is 0.314. The fraction of sp³-hybridized carbons (Fsp3) is 0.431. The maximum absolute atomic E-state index is 13.5. The van der Waals surface area contributed by atoms with E-state index in [1.165, 1.54) is 48.5 Å². The zero-order chi connectivity index (χ0) is 61.5. The number of imidazole rings is 1. The minimum absolute atomic E-state index is 0.114. The van der Waals surface area contributed by atoms with Gasteiger partial charge in [0.15, 0.2) is 11.7 Å². The highest BCUT2D eigenvalue weighted by Gasteiger charge is 2.28. The molecular weight excluding hydrogens is 1180 g/mol. The lowest BCUT2D eigenvalue weighted by Crippen LogP contribution is -2.53. The van der Waals surface area contributed by atoms with Crippen molar-refractivity contribution >= 4 is 90.4 Å². The quantitative estimate of drug-likeness (QED) is 0.00848. The van der Waals surface area contributed by atoms with Crippen molar-refractivity contribution in [2.45, 2.75) is 47.7 Å². The molecule has 0 saturated carbocycles. The number of nitrogens with one attached hydrogen (secondary N) is 6. The number of carbonyl (C=O) groups excluding carboxylic acids is 3. The molecule has 1 aliphatic rings. The Morgan fingerprint density at radius 1 is 0.682 bits per heavy atom. The maximum Gasteiger partial charge on any atom is 0.321 e. The minimum atomic E-state index is -4.41. The molecule has 2 atom stereocenters. The van der Waals surface area contributed by atoms with Gasteiger partial charge in [-0.2, -0.15) is 9.82 Å². The molecule has 1 aliphatic heterocycles. The second-order valence-corrected chi connectivity index (χ2v) is 23.6. The van der Waals surface area contributed by atoms with E-state index in [2.05, 4.69) is 49.8 Å². The normalized spacial score (nSPS) is 15.3. The molecule has 1 saturated heterocycles. The number of hydrogen-bond donors (Lipinski definition) is 11. The zero-order valence-corrected chi connectivity index (χ0v) is 48.2. The van der Waals surface area contributed by atoms with Crippen LogP contribution in [0.5, 0.6) is 0 Å². The van der Waals surface area contributed by atoms with Crippen LogP contribution in [0.1, 0.15) is 29.6 Å². The van der Waals surface area contributed by atoms with Crippen molar-refractivity contribution in [2.75, 3.05) is 109 Å². The number of sulfonamides is 2. The Labute approximate surface area is 492 Å². The van der Waals surface area contributed by atoms with Crippen LogP contribution in [0.3, 0.4) is 0 Å². The van der Waals surface area contributed by atoms with Gasteiger partial charge in [-0.3, -0.25) is 57.8 Å². The summed E-state index contributed by atoms with van der Waals surface area (Å²) >= 11 is 0.456. The van der Waals surface area contributed by atoms with E-state index in [9.17, 15) is 70.8 Å². The number of aliphatic carboxylic acids is 4. The Balaban J connectivity index is 0.976. The van der Waals surface area contributed by atoms with E-state index in [4.69, 9.17) is 5.26 Å². The van der Waals surface area contributed by atoms with Crippen LogP contribution in [0, 0.1) is 0 Å². The molecule has 0 radical (unpaired) electrons. The molecule has 0 spiro atoms. The number of aromatic amines is 1.